The lowest BCUT2D eigenvalue weighted by Gasteiger charge is -2.35. The number of hydrogen-bond donors (Lipinski definition) is 1. The molecule has 0 amide bonds. The number of nitrogens with one attached hydrogen (secondary N) is 1. The van der Waals surface area contributed by atoms with Gasteiger partial charge in [0.15, 0.2) is 0 Å². The molecule has 1 fully saturated rings. The number of hydrogen-bond acceptors (Lipinski definition) is 3. The van der Waals surface area contributed by atoms with E-state index in [4.69, 9.17) is 16.9 Å². The maximum Gasteiger partial charge on any atom is 0.416 e. The molecule has 0 unspecified atom stereocenters. The molecule has 3 nitrogen and oxygen atoms in total. The van der Waals surface area contributed by atoms with Crippen LogP contribution in [0.5, 0.6) is 0 Å². The molecule has 21 heavy (non-hydrogen) atoms. The molecule has 1 saturated heterocycles. The number of nitrogens with zero attached hydrogens (tertiary/aromatic N) is 2. The highest BCUT2D eigenvalue weighted by Gasteiger charge is 2.37. The van der Waals surface area contributed by atoms with Gasteiger partial charge in [0.25, 0.3) is 0 Å². The lowest BCUT2D eigenvalue weighted by Crippen LogP contribution is -2.45. The molecule has 0 bridgehead atoms. The summed E-state index contributed by atoms with van der Waals surface area (Å²) < 4.78 is 39.7. The molecule has 1 aromatic rings. The highest BCUT2D eigenvalue weighted by Crippen LogP contribution is 2.38. The molecule has 0 spiro atoms. The number of halogens is 4. The number of nitriles is 1. The van der Waals surface area contributed by atoms with Gasteiger partial charge in [-0.15, -0.1) is 0 Å². The Morgan fingerprint density at radius 1 is 1.33 bits per heavy atom. The van der Waals surface area contributed by atoms with Crippen molar-refractivity contribution in [1.82, 2.24) is 10.2 Å². The van der Waals surface area contributed by atoms with Gasteiger partial charge in [0.2, 0.25) is 0 Å². The Balaban J connectivity index is 2.42. The van der Waals surface area contributed by atoms with E-state index in [2.05, 4.69) is 5.32 Å². The molecule has 1 aromatic carbocycles. The van der Waals surface area contributed by atoms with Gasteiger partial charge in [0.1, 0.15) is 0 Å². The van der Waals surface area contributed by atoms with Crippen molar-refractivity contribution >= 4 is 11.6 Å². The minimum absolute atomic E-state index is 0.0186. The van der Waals surface area contributed by atoms with Crippen molar-refractivity contribution in [2.24, 2.45) is 0 Å². The fourth-order valence-corrected chi connectivity index (χ4v) is 2.75. The van der Waals surface area contributed by atoms with Crippen molar-refractivity contribution in [2.45, 2.75) is 18.6 Å². The summed E-state index contributed by atoms with van der Waals surface area (Å²) in [6, 6.07) is 5.19. The maximum atomic E-state index is 13.2. The molecule has 0 radical (unpaired) electrons. The third-order valence-corrected chi connectivity index (χ3v) is 3.79. The quantitative estimate of drug-likeness (QED) is 0.930. The van der Waals surface area contributed by atoms with E-state index in [0.717, 1.165) is 6.07 Å². The molecule has 1 heterocycles. The number of benzene rings is 1. The Kier molecular flexibility index (Phi) is 5.09. The van der Waals surface area contributed by atoms with Crippen LogP contribution in [-0.2, 0) is 6.18 Å². The van der Waals surface area contributed by atoms with Crippen LogP contribution in [-0.4, -0.2) is 31.1 Å². The van der Waals surface area contributed by atoms with Gasteiger partial charge in [0.05, 0.1) is 18.1 Å². The van der Waals surface area contributed by atoms with Gasteiger partial charge in [-0.25, -0.2) is 0 Å². The molecule has 7 heteroatoms. The molecular formula is C14H15ClF3N3. The summed E-state index contributed by atoms with van der Waals surface area (Å²) in [4.78, 5) is 1.91. The van der Waals surface area contributed by atoms with E-state index in [1.165, 1.54) is 12.1 Å². The lowest BCUT2D eigenvalue weighted by molar-refractivity contribution is -0.138. The fourth-order valence-electron chi connectivity index (χ4n) is 2.58. The first-order valence-electron chi connectivity index (χ1n) is 6.62. The van der Waals surface area contributed by atoms with Gasteiger partial charge in [-0.3, -0.25) is 4.90 Å². The predicted molar refractivity (Wildman–Crippen MR) is 73.9 cm³/mol. The number of alkyl halides is 3. The zero-order valence-electron chi connectivity index (χ0n) is 11.3. The first-order valence-corrected chi connectivity index (χ1v) is 6.99. The smallest absolute Gasteiger partial charge is 0.314 e. The average molecular weight is 318 g/mol. The third-order valence-electron chi connectivity index (χ3n) is 3.56. The maximum absolute atomic E-state index is 13.2. The van der Waals surface area contributed by atoms with Crippen LogP contribution >= 0.6 is 11.6 Å². The van der Waals surface area contributed by atoms with E-state index in [1.807, 2.05) is 11.0 Å². The summed E-state index contributed by atoms with van der Waals surface area (Å²) in [5.41, 5.74) is -0.635. The van der Waals surface area contributed by atoms with Gasteiger partial charge in [-0.1, -0.05) is 17.7 Å². The molecule has 0 aromatic heterocycles. The summed E-state index contributed by atoms with van der Waals surface area (Å²) in [6.45, 7) is 2.65. The minimum Gasteiger partial charge on any atom is -0.314 e. The van der Waals surface area contributed by atoms with Crippen molar-refractivity contribution in [1.29, 1.82) is 5.26 Å². The SMILES string of the molecule is N#CC[C@@H](c1ccc(Cl)cc1C(F)(F)F)N1CCNCC1. The molecule has 2 rings (SSSR count). The van der Waals surface area contributed by atoms with Crippen molar-refractivity contribution < 1.29 is 13.2 Å². The van der Waals surface area contributed by atoms with Gasteiger partial charge in [-0.2, -0.15) is 18.4 Å². The van der Waals surface area contributed by atoms with E-state index in [-0.39, 0.29) is 17.0 Å². The van der Waals surface area contributed by atoms with Gasteiger partial charge < -0.3 is 5.32 Å². The van der Waals surface area contributed by atoms with E-state index < -0.39 is 17.8 Å². The Morgan fingerprint density at radius 2 is 2.00 bits per heavy atom. The first kappa shape index (κ1) is 16.1. The average Bonchev–Trinajstić information content (AvgIpc) is 2.45. The number of rotatable bonds is 3. The van der Waals surface area contributed by atoms with Crippen LogP contribution in [0.15, 0.2) is 18.2 Å². The van der Waals surface area contributed by atoms with Crippen LogP contribution in [0.3, 0.4) is 0 Å². The van der Waals surface area contributed by atoms with Crippen LogP contribution in [0.2, 0.25) is 5.02 Å². The second-order valence-corrected chi connectivity index (χ2v) is 5.33. The van der Waals surface area contributed by atoms with E-state index in [0.29, 0.717) is 26.2 Å². The largest absolute Gasteiger partial charge is 0.416 e. The second-order valence-electron chi connectivity index (χ2n) is 4.89. The summed E-state index contributed by atoms with van der Waals surface area (Å²) in [5, 5.41) is 12.2. The van der Waals surface area contributed by atoms with Crippen LogP contribution in [0, 0.1) is 11.3 Å². The van der Waals surface area contributed by atoms with Crippen molar-refractivity contribution in [2.75, 3.05) is 26.2 Å². The molecular weight excluding hydrogens is 303 g/mol. The highest BCUT2D eigenvalue weighted by atomic mass is 35.5. The lowest BCUT2D eigenvalue weighted by atomic mass is 9.96. The van der Waals surface area contributed by atoms with Crippen molar-refractivity contribution in [3.05, 3.63) is 34.3 Å². The van der Waals surface area contributed by atoms with E-state index >= 15 is 0 Å². The van der Waals surface area contributed by atoms with Crippen LogP contribution in [0.4, 0.5) is 13.2 Å². The van der Waals surface area contributed by atoms with Crippen LogP contribution in [0.25, 0.3) is 0 Å². The van der Waals surface area contributed by atoms with Crippen molar-refractivity contribution in [3.63, 3.8) is 0 Å². The zero-order valence-corrected chi connectivity index (χ0v) is 12.0. The van der Waals surface area contributed by atoms with E-state index in [9.17, 15) is 13.2 Å². The monoisotopic (exact) mass is 317 g/mol. The molecule has 0 aliphatic carbocycles. The Labute approximate surface area is 126 Å². The Morgan fingerprint density at radius 3 is 2.57 bits per heavy atom. The minimum atomic E-state index is -4.48. The molecule has 114 valence electrons. The topological polar surface area (TPSA) is 39.1 Å². The summed E-state index contributed by atoms with van der Waals surface area (Å²) in [6.07, 6.45) is -4.47. The molecule has 1 aliphatic rings. The molecule has 1 atom stereocenters. The zero-order chi connectivity index (χ0) is 15.5. The predicted octanol–water partition coefficient (Wildman–Crippen LogP) is 3.22. The third kappa shape index (κ3) is 3.88. The number of piperazine rings is 1. The van der Waals surface area contributed by atoms with Crippen LogP contribution < -0.4 is 5.32 Å². The Hall–Kier alpha value is -1.29. The summed E-state index contributed by atoms with van der Waals surface area (Å²) in [5.74, 6) is 0. The Bertz CT molecular complexity index is 533. The van der Waals surface area contributed by atoms with Crippen LogP contribution in [0.1, 0.15) is 23.6 Å². The normalized spacial score (nSPS) is 18.2. The summed E-state index contributed by atoms with van der Waals surface area (Å²) >= 11 is 5.70. The van der Waals surface area contributed by atoms with E-state index in [1.54, 1.807) is 0 Å². The molecule has 1 aliphatic heterocycles. The highest BCUT2D eigenvalue weighted by molar-refractivity contribution is 6.30. The van der Waals surface area contributed by atoms with Gasteiger partial charge in [-0.05, 0) is 17.7 Å². The summed E-state index contributed by atoms with van der Waals surface area (Å²) in [7, 11) is 0. The molecule has 1 N–H and O–H groups in total. The molecule has 0 saturated carbocycles. The first-order chi connectivity index (χ1) is 9.93. The second kappa shape index (κ2) is 6.65. The van der Waals surface area contributed by atoms with Gasteiger partial charge in [0, 0.05) is 37.2 Å². The van der Waals surface area contributed by atoms with Gasteiger partial charge >= 0.3 is 6.18 Å². The standard InChI is InChI=1S/C14H15ClF3N3/c15-10-1-2-11(12(9-10)14(16,17)18)13(3-4-19)21-7-5-20-6-8-21/h1-2,9,13,20H,3,5-8H2/t13-/m0/s1. The fraction of sp³-hybridized carbons (Fsp3) is 0.500. The van der Waals surface area contributed by atoms with Crippen molar-refractivity contribution in [3.8, 4) is 6.07 Å².